The SMILES string of the molecule is CC1CCN(C(c2cccc(-c3c(N)[nH]c4ccccc34)c2)c2cc3c(CNC(C)(C)C)cccc3[nH]2)CC1. The highest BCUT2D eigenvalue weighted by molar-refractivity contribution is 6.01. The van der Waals surface area contributed by atoms with Crippen LogP contribution in [0.2, 0.25) is 0 Å². The summed E-state index contributed by atoms with van der Waals surface area (Å²) in [7, 11) is 0. The minimum atomic E-state index is 0.0685. The molecule has 0 bridgehead atoms. The number of anilines is 1. The molecule has 39 heavy (non-hydrogen) atoms. The van der Waals surface area contributed by atoms with E-state index in [0.29, 0.717) is 0 Å². The lowest BCUT2D eigenvalue weighted by atomic mass is 9.92. The second kappa shape index (κ2) is 10.2. The largest absolute Gasteiger partial charge is 0.385 e. The minimum absolute atomic E-state index is 0.0685. The van der Waals surface area contributed by atoms with Gasteiger partial charge in [-0.25, -0.2) is 0 Å². The van der Waals surface area contributed by atoms with E-state index in [2.05, 4.69) is 115 Å². The van der Waals surface area contributed by atoms with Gasteiger partial charge in [0.2, 0.25) is 0 Å². The molecular formula is C34H41N5. The molecule has 2 aromatic heterocycles. The molecule has 0 radical (unpaired) electrons. The number of para-hydroxylation sites is 1. The van der Waals surface area contributed by atoms with E-state index < -0.39 is 0 Å². The van der Waals surface area contributed by atoms with E-state index >= 15 is 0 Å². The number of hydrogen-bond donors (Lipinski definition) is 4. The summed E-state index contributed by atoms with van der Waals surface area (Å²) in [6, 6.07) is 26.5. The van der Waals surface area contributed by atoms with Crippen LogP contribution < -0.4 is 11.1 Å². The molecule has 5 nitrogen and oxygen atoms in total. The smallest absolute Gasteiger partial charge is 0.109 e. The van der Waals surface area contributed by atoms with Crippen LogP contribution in [-0.2, 0) is 6.54 Å². The Balaban J connectivity index is 1.44. The van der Waals surface area contributed by atoms with Gasteiger partial charge in [-0.2, -0.15) is 0 Å². The van der Waals surface area contributed by atoms with Gasteiger partial charge in [-0.05, 0) is 93.6 Å². The zero-order valence-corrected chi connectivity index (χ0v) is 23.6. The molecule has 1 aliphatic rings. The van der Waals surface area contributed by atoms with Gasteiger partial charge < -0.3 is 21.0 Å². The zero-order chi connectivity index (χ0) is 27.1. The molecule has 0 amide bonds. The predicted molar refractivity (Wildman–Crippen MR) is 165 cm³/mol. The van der Waals surface area contributed by atoms with Crippen molar-refractivity contribution in [2.24, 2.45) is 5.92 Å². The van der Waals surface area contributed by atoms with E-state index in [1.54, 1.807) is 0 Å². The topological polar surface area (TPSA) is 72.9 Å². The van der Waals surface area contributed by atoms with Crippen LogP contribution in [0.15, 0.2) is 72.8 Å². The Hall–Kier alpha value is -3.54. The minimum Gasteiger partial charge on any atom is -0.385 e. The van der Waals surface area contributed by atoms with Crippen molar-refractivity contribution in [2.45, 2.75) is 58.7 Å². The lowest BCUT2D eigenvalue weighted by Gasteiger charge is -2.36. The van der Waals surface area contributed by atoms with E-state index in [0.717, 1.165) is 53.4 Å². The lowest BCUT2D eigenvalue weighted by molar-refractivity contribution is 0.156. The molecule has 0 spiro atoms. The van der Waals surface area contributed by atoms with Crippen molar-refractivity contribution >= 4 is 27.6 Å². The number of nitrogen functional groups attached to an aromatic ring is 1. The Morgan fingerprint density at radius 2 is 1.62 bits per heavy atom. The number of aromatic amines is 2. The molecule has 0 aliphatic carbocycles. The molecule has 5 N–H and O–H groups in total. The standard InChI is InChI=1S/C34H41N5/c1-22-15-17-39(18-16-22)32(30-20-27-25(21-36-34(2,3)4)11-8-14-29(27)37-30)24-10-7-9-23(19-24)31-26-12-5-6-13-28(26)38-33(31)35/h5-14,19-20,22,32,36-38H,15-18,21,35H2,1-4H3. The van der Waals surface area contributed by atoms with Crippen LogP contribution in [0.4, 0.5) is 5.82 Å². The van der Waals surface area contributed by atoms with Crippen LogP contribution in [0.3, 0.4) is 0 Å². The molecule has 1 aliphatic heterocycles. The maximum Gasteiger partial charge on any atom is 0.109 e. The summed E-state index contributed by atoms with van der Waals surface area (Å²) < 4.78 is 0. The number of benzene rings is 3. The first kappa shape index (κ1) is 25.7. The molecule has 5 aromatic rings. The normalized spacial score (nSPS) is 16.3. The third-order valence-corrected chi connectivity index (χ3v) is 8.29. The molecule has 6 rings (SSSR count). The van der Waals surface area contributed by atoms with Crippen LogP contribution in [0.5, 0.6) is 0 Å². The van der Waals surface area contributed by atoms with Crippen molar-refractivity contribution in [2.75, 3.05) is 18.8 Å². The van der Waals surface area contributed by atoms with Crippen LogP contribution in [0.25, 0.3) is 32.9 Å². The Morgan fingerprint density at radius 3 is 2.41 bits per heavy atom. The Kier molecular flexibility index (Phi) is 6.74. The van der Waals surface area contributed by atoms with Gasteiger partial charge in [0.1, 0.15) is 5.82 Å². The lowest BCUT2D eigenvalue weighted by Crippen LogP contribution is -2.36. The first-order valence-electron chi connectivity index (χ1n) is 14.3. The quantitative estimate of drug-likeness (QED) is 0.187. The van der Waals surface area contributed by atoms with E-state index in [4.69, 9.17) is 5.73 Å². The molecule has 5 heteroatoms. The Bertz CT molecular complexity index is 1590. The second-order valence-corrected chi connectivity index (χ2v) is 12.4. The van der Waals surface area contributed by atoms with E-state index in [1.165, 1.54) is 40.6 Å². The van der Waals surface area contributed by atoms with Crippen LogP contribution in [-0.4, -0.2) is 33.5 Å². The molecule has 1 fully saturated rings. The number of likely N-dealkylation sites (tertiary alicyclic amines) is 1. The van der Waals surface area contributed by atoms with Gasteiger partial charge in [-0.1, -0.05) is 55.5 Å². The molecule has 1 unspecified atom stereocenters. The number of piperidine rings is 1. The molecule has 1 atom stereocenters. The fraction of sp³-hybridized carbons (Fsp3) is 0.353. The first-order chi connectivity index (χ1) is 18.8. The number of H-pyrrole nitrogens is 2. The summed E-state index contributed by atoms with van der Waals surface area (Å²) in [6.07, 6.45) is 2.46. The highest BCUT2D eigenvalue weighted by Gasteiger charge is 2.28. The summed E-state index contributed by atoms with van der Waals surface area (Å²) in [4.78, 5) is 9.87. The van der Waals surface area contributed by atoms with Crippen LogP contribution in [0.1, 0.15) is 63.4 Å². The predicted octanol–water partition coefficient (Wildman–Crippen LogP) is 7.61. The van der Waals surface area contributed by atoms with Gasteiger partial charge in [-0.3, -0.25) is 4.90 Å². The van der Waals surface area contributed by atoms with Gasteiger partial charge >= 0.3 is 0 Å². The van der Waals surface area contributed by atoms with Crippen LogP contribution in [0, 0.1) is 5.92 Å². The average molecular weight is 520 g/mol. The number of aromatic nitrogens is 2. The zero-order valence-electron chi connectivity index (χ0n) is 23.6. The number of nitrogens with zero attached hydrogens (tertiary/aromatic N) is 1. The van der Waals surface area contributed by atoms with Crippen LogP contribution >= 0.6 is 0 Å². The number of nitrogens with one attached hydrogen (secondary N) is 3. The summed E-state index contributed by atoms with van der Waals surface area (Å²) in [5.74, 6) is 1.50. The van der Waals surface area contributed by atoms with E-state index in [9.17, 15) is 0 Å². The van der Waals surface area contributed by atoms with Crippen molar-refractivity contribution in [1.82, 2.24) is 20.2 Å². The highest BCUT2D eigenvalue weighted by Crippen LogP contribution is 2.39. The molecule has 3 aromatic carbocycles. The second-order valence-electron chi connectivity index (χ2n) is 12.4. The molecule has 0 saturated carbocycles. The van der Waals surface area contributed by atoms with Crippen molar-refractivity contribution in [3.63, 3.8) is 0 Å². The monoisotopic (exact) mass is 519 g/mol. The van der Waals surface area contributed by atoms with Gasteiger partial charge in [0.25, 0.3) is 0 Å². The summed E-state index contributed by atoms with van der Waals surface area (Å²) >= 11 is 0. The van der Waals surface area contributed by atoms with Gasteiger partial charge in [0, 0.05) is 45.1 Å². The molecule has 1 saturated heterocycles. The average Bonchev–Trinajstić information content (AvgIpc) is 3.49. The van der Waals surface area contributed by atoms with Crippen molar-refractivity contribution in [1.29, 1.82) is 0 Å². The Labute approximate surface area is 231 Å². The van der Waals surface area contributed by atoms with Crippen molar-refractivity contribution in [3.8, 4) is 11.1 Å². The third-order valence-electron chi connectivity index (χ3n) is 8.29. The number of hydrogen-bond acceptors (Lipinski definition) is 3. The van der Waals surface area contributed by atoms with Crippen molar-refractivity contribution < 1.29 is 0 Å². The molecule has 3 heterocycles. The Morgan fingerprint density at radius 1 is 0.897 bits per heavy atom. The summed E-state index contributed by atoms with van der Waals surface area (Å²) in [5.41, 5.74) is 15.0. The van der Waals surface area contributed by atoms with E-state index in [-0.39, 0.29) is 11.6 Å². The number of nitrogens with two attached hydrogens (primary N) is 1. The summed E-state index contributed by atoms with van der Waals surface area (Å²) in [5, 5.41) is 6.14. The summed E-state index contributed by atoms with van der Waals surface area (Å²) in [6.45, 7) is 12.1. The van der Waals surface area contributed by atoms with Gasteiger partial charge in [0.05, 0.1) is 6.04 Å². The fourth-order valence-electron chi connectivity index (χ4n) is 6.11. The molecule has 202 valence electrons. The fourth-order valence-corrected chi connectivity index (χ4v) is 6.11. The van der Waals surface area contributed by atoms with Gasteiger partial charge in [-0.15, -0.1) is 0 Å². The van der Waals surface area contributed by atoms with E-state index in [1.807, 2.05) is 6.07 Å². The number of fused-ring (bicyclic) bond motifs is 2. The third kappa shape index (κ3) is 5.21. The number of rotatable bonds is 6. The first-order valence-corrected chi connectivity index (χ1v) is 14.3. The van der Waals surface area contributed by atoms with Gasteiger partial charge in [0.15, 0.2) is 0 Å². The van der Waals surface area contributed by atoms with Crippen molar-refractivity contribution in [3.05, 3.63) is 89.6 Å². The maximum atomic E-state index is 6.53. The maximum absolute atomic E-state index is 6.53. The highest BCUT2D eigenvalue weighted by atomic mass is 15.2. The molecular weight excluding hydrogens is 478 g/mol.